The van der Waals surface area contributed by atoms with Crippen LogP contribution in [0.3, 0.4) is 0 Å². The van der Waals surface area contributed by atoms with E-state index in [1.165, 1.54) is 18.2 Å². The van der Waals surface area contributed by atoms with E-state index >= 15 is 0 Å². The molecule has 1 unspecified atom stereocenters. The predicted octanol–water partition coefficient (Wildman–Crippen LogP) is 2.42. The molecule has 0 fully saturated rings. The fourth-order valence-corrected chi connectivity index (χ4v) is 0.887. The third-order valence-corrected chi connectivity index (χ3v) is 2.16. The SMILES string of the molecule is CC(C)C(C)OC(=O)c1cccc(F)n1. The van der Waals surface area contributed by atoms with Gasteiger partial charge in [-0.1, -0.05) is 19.9 Å². The Morgan fingerprint density at radius 1 is 1.40 bits per heavy atom. The molecule has 3 nitrogen and oxygen atoms in total. The van der Waals surface area contributed by atoms with E-state index < -0.39 is 11.9 Å². The van der Waals surface area contributed by atoms with Crippen LogP contribution in [0.15, 0.2) is 18.2 Å². The lowest BCUT2D eigenvalue weighted by atomic mass is 10.1. The minimum absolute atomic E-state index is 0.00231. The molecule has 0 spiro atoms. The summed E-state index contributed by atoms with van der Waals surface area (Å²) >= 11 is 0. The number of rotatable bonds is 3. The van der Waals surface area contributed by atoms with Gasteiger partial charge in [0.05, 0.1) is 0 Å². The molecule has 1 atom stereocenters. The summed E-state index contributed by atoms with van der Waals surface area (Å²) in [5.74, 6) is -1.04. The summed E-state index contributed by atoms with van der Waals surface area (Å²) in [5.41, 5.74) is 0.00231. The first kappa shape index (κ1) is 11.6. The van der Waals surface area contributed by atoms with Crippen LogP contribution < -0.4 is 0 Å². The van der Waals surface area contributed by atoms with Gasteiger partial charge in [0.1, 0.15) is 6.10 Å². The number of halogens is 1. The van der Waals surface area contributed by atoms with Gasteiger partial charge < -0.3 is 4.74 Å². The molecule has 0 N–H and O–H groups in total. The molecule has 0 aromatic carbocycles. The molecule has 0 saturated carbocycles. The van der Waals surface area contributed by atoms with Crippen LogP contribution in [0, 0.1) is 11.9 Å². The van der Waals surface area contributed by atoms with Gasteiger partial charge in [0.15, 0.2) is 5.69 Å². The summed E-state index contributed by atoms with van der Waals surface area (Å²) in [5, 5.41) is 0. The van der Waals surface area contributed by atoms with E-state index in [4.69, 9.17) is 4.74 Å². The van der Waals surface area contributed by atoms with Gasteiger partial charge in [-0.15, -0.1) is 0 Å². The number of aromatic nitrogens is 1. The highest BCUT2D eigenvalue weighted by Crippen LogP contribution is 2.08. The van der Waals surface area contributed by atoms with Crippen molar-refractivity contribution >= 4 is 5.97 Å². The van der Waals surface area contributed by atoms with E-state index in [9.17, 15) is 9.18 Å². The molecule has 1 aromatic rings. The molecule has 1 rings (SSSR count). The Bertz CT molecular complexity index is 352. The van der Waals surface area contributed by atoms with E-state index in [2.05, 4.69) is 4.98 Å². The smallest absolute Gasteiger partial charge is 0.357 e. The molecule has 4 heteroatoms. The van der Waals surface area contributed by atoms with E-state index in [1.807, 2.05) is 13.8 Å². The molecule has 0 amide bonds. The van der Waals surface area contributed by atoms with Crippen molar-refractivity contribution in [2.75, 3.05) is 0 Å². The standard InChI is InChI=1S/C11H14FNO2/c1-7(2)8(3)15-11(14)9-5-4-6-10(12)13-9/h4-8H,1-3H3. The van der Waals surface area contributed by atoms with Gasteiger partial charge in [-0.2, -0.15) is 4.39 Å². The molecular weight excluding hydrogens is 197 g/mol. The van der Waals surface area contributed by atoms with Gasteiger partial charge in [-0.3, -0.25) is 0 Å². The molecule has 0 aliphatic carbocycles. The van der Waals surface area contributed by atoms with Crippen molar-refractivity contribution in [2.45, 2.75) is 26.9 Å². The number of hydrogen-bond acceptors (Lipinski definition) is 3. The zero-order valence-electron chi connectivity index (χ0n) is 9.03. The average Bonchev–Trinajstić information content (AvgIpc) is 2.17. The molecular formula is C11H14FNO2. The molecule has 82 valence electrons. The highest BCUT2D eigenvalue weighted by atomic mass is 19.1. The number of carbonyl (C=O) groups excluding carboxylic acids is 1. The number of pyridine rings is 1. The Morgan fingerprint density at radius 2 is 2.07 bits per heavy atom. The maximum Gasteiger partial charge on any atom is 0.357 e. The van der Waals surface area contributed by atoms with Gasteiger partial charge in [0.25, 0.3) is 0 Å². The largest absolute Gasteiger partial charge is 0.458 e. The number of esters is 1. The van der Waals surface area contributed by atoms with Gasteiger partial charge in [0.2, 0.25) is 5.95 Å². The highest BCUT2D eigenvalue weighted by Gasteiger charge is 2.15. The Kier molecular flexibility index (Phi) is 3.77. The Balaban J connectivity index is 2.69. The van der Waals surface area contributed by atoms with Crippen molar-refractivity contribution in [3.05, 3.63) is 29.8 Å². The monoisotopic (exact) mass is 211 g/mol. The number of nitrogens with zero attached hydrogens (tertiary/aromatic N) is 1. The normalized spacial score (nSPS) is 12.6. The third-order valence-electron chi connectivity index (χ3n) is 2.16. The Hall–Kier alpha value is -1.45. The second-order valence-corrected chi connectivity index (χ2v) is 3.70. The second kappa shape index (κ2) is 4.87. The van der Waals surface area contributed by atoms with Crippen molar-refractivity contribution in [1.82, 2.24) is 4.98 Å². The van der Waals surface area contributed by atoms with E-state index in [1.54, 1.807) is 6.92 Å². The summed E-state index contributed by atoms with van der Waals surface area (Å²) < 4.78 is 17.8. The zero-order chi connectivity index (χ0) is 11.4. The van der Waals surface area contributed by atoms with E-state index in [-0.39, 0.29) is 17.7 Å². The van der Waals surface area contributed by atoms with Crippen molar-refractivity contribution < 1.29 is 13.9 Å². The van der Waals surface area contributed by atoms with Crippen molar-refractivity contribution in [1.29, 1.82) is 0 Å². The quantitative estimate of drug-likeness (QED) is 0.569. The van der Waals surface area contributed by atoms with Crippen LogP contribution in [-0.2, 0) is 4.74 Å². The van der Waals surface area contributed by atoms with Crippen LogP contribution in [0.5, 0.6) is 0 Å². The maximum atomic E-state index is 12.7. The fraction of sp³-hybridized carbons (Fsp3) is 0.455. The summed E-state index contributed by atoms with van der Waals surface area (Å²) in [6.07, 6.45) is -0.206. The van der Waals surface area contributed by atoms with Crippen molar-refractivity contribution in [3.63, 3.8) is 0 Å². The number of ether oxygens (including phenoxy) is 1. The molecule has 1 heterocycles. The molecule has 0 saturated heterocycles. The first-order valence-corrected chi connectivity index (χ1v) is 4.84. The van der Waals surface area contributed by atoms with Crippen LogP contribution in [-0.4, -0.2) is 17.1 Å². The molecule has 1 aromatic heterocycles. The van der Waals surface area contributed by atoms with Crippen LogP contribution >= 0.6 is 0 Å². The van der Waals surface area contributed by atoms with Gasteiger partial charge in [0, 0.05) is 0 Å². The van der Waals surface area contributed by atoms with Crippen molar-refractivity contribution in [3.8, 4) is 0 Å². The lowest BCUT2D eigenvalue weighted by molar-refractivity contribution is 0.0230. The highest BCUT2D eigenvalue weighted by molar-refractivity contribution is 5.87. The van der Waals surface area contributed by atoms with Gasteiger partial charge in [-0.25, -0.2) is 9.78 Å². The minimum Gasteiger partial charge on any atom is -0.458 e. The summed E-state index contributed by atoms with van der Waals surface area (Å²) in [7, 11) is 0. The summed E-state index contributed by atoms with van der Waals surface area (Å²) in [4.78, 5) is 14.9. The van der Waals surface area contributed by atoms with Gasteiger partial charge >= 0.3 is 5.97 Å². The van der Waals surface area contributed by atoms with E-state index in [0.717, 1.165) is 0 Å². The first-order chi connectivity index (χ1) is 7.00. The maximum absolute atomic E-state index is 12.7. The third kappa shape index (κ3) is 3.31. The van der Waals surface area contributed by atoms with Crippen molar-refractivity contribution in [2.24, 2.45) is 5.92 Å². The predicted molar refractivity (Wildman–Crippen MR) is 53.9 cm³/mol. The number of carbonyl (C=O) groups is 1. The molecule has 0 aliphatic rings. The van der Waals surface area contributed by atoms with Gasteiger partial charge in [-0.05, 0) is 25.0 Å². The lowest BCUT2D eigenvalue weighted by Crippen LogP contribution is -2.21. The summed E-state index contributed by atoms with van der Waals surface area (Å²) in [6.45, 7) is 5.68. The van der Waals surface area contributed by atoms with Crippen LogP contribution in [0.25, 0.3) is 0 Å². The van der Waals surface area contributed by atoms with Crippen LogP contribution in [0.4, 0.5) is 4.39 Å². The second-order valence-electron chi connectivity index (χ2n) is 3.70. The Labute approximate surface area is 88.3 Å². The molecule has 0 aliphatic heterocycles. The zero-order valence-corrected chi connectivity index (χ0v) is 9.03. The molecule has 0 radical (unpaired) electrons. The topological polar surface area (TPSA) is 39.2 Å². The fourth-order valence-electron chi connectivity index (χ4n) is 0.887. The molecule has 0 bridgehead atoms. The minimum atomic E-state index is -0.679. The van der Waals surface area contributed by atoms with Crippen LogP contribution in [0.2, 0.25) is 0 Å². The average molecular weight is 211 g/mol. The molecule has 15 heavy (non-hydrogen) atoms. The first-order valence-electron chi connectivity index (χ1n) is 4.84. The number of hydrogen-bond donors (Lipinski definition) is 0. The van der Waals surface area contributed by atoms with E-state index in [0.29, 0.717) is 0 Å². The van der Waals surface area contributed by atoms with Crippen LogP contribution in [0.1, 0.15) is 31.3 Å². The lowest BCUT2D eigenvalue weighted by Gasteiger charge is -2.15. The summed E-state index contributed by atoms with van der Waals surface area (Å²) in [6, 6.07) is 4.04. The Morgan fingerprint density at radius 3 is 2.60 bits per heavy atom.